The molecule has 0 aromatic heterocycles. The molecule has 0 unspecified atom stereocenters. The Morgan fingerprint density at radius 2 is 2.14 bits per heavy atom. The first-order valence-electron chi connectivity index (χ1n) is 5.13. The monoisotopic (exact) mass is 216 g/mol. The maximum absolute atomic E-state index is 11.3. The summed E-state index contributed by atoms with van der Waals surface area (Å²) in [5.41, 5.74) is 0. The maximum Gasteiger partial charge on any atom is 0.234 e. The van der Waals surface area contributed by atoms with Gasteiger partial charge in [-0.05, 0) is 32.9 Å². The lowest BCUT2D eigenvalue weighted by atomic mass is 10.3. The van der Waals surface area contributed by atoms with E-state index in [2.05, 4.69) is 16.9 Å². The standard InChI is InChI=1S/C10H20N2OS/c1-8(2)12-9(13)6-11-7-10(14-3)4-5-10/h8,11H,4-7H2,1-3H3,(H,12,13). The highest BCUT2D eigenvalue weighted by molar-refractivity contribution is 8.00. The summed E-state index contributed by atoms with van der Waals surface area (Å²) in [7, 11) is 0. The second-order valence-corrected chi connectivity index (χ2v) is 5.49. The van der Waals surface area contributed by atoms with E-state index in [0.717, 1.165) is 6.54 Å². The number of amides is 1. The molecule has 0 aromatic carbocycles. The molecule has 0 saturated heterocycles. The summed E-state index contributed by atoms with van der Waals surface area (Å²) >= 11 is 1.91. The Morgan fingerprint density at radius 1 is 1.50 bits per heavy atom. The van der Waals surface area contributed by atoms with Crippen molar-refractivity contribution in [2.75, 3.05) is 19.3 Å². The van der Waals surface area contributed by atoms with Crippen LogP contribution in [0.15, 0.2) is 0 Å². The fourth-order valence-corrected chi connectivity index (χ4v) is 2.13. The predicted octanol–water partition coefficient (Wildman–Crippen LogP) is 0.996. The van der Waals surface area contributed by atoms with E-state index in [1.807, 2.05) is 25.6 Å². The Hall–Kier alpha value is -0.220. The number of hydrogen-bond acceptors (Lipinski definition) is 3. The van der Waals surface area contributed by atoms with E-state index in [-0.39, 0.29) is 11.9 Å². The molecular formula is C10H20N2OS. The van der Waals surface area contributed by atoms with Gasteiger partial charge in [-0.25, -0.2) is 0 Å². The average molecular weight is 216 g/mol. The van der Waals surface area contributed by atoms with Crippen LogP contribution in [0.25, 0.3) is 0 Å². The van der Waals surface area contributed by atoms with Gasteiger partial charge in [-0.1, -0.05) is 0 Å². The van der Waals surface area contributed by atoms with Gasteiger partial charge < -0.3 is 10.6 Å². The van der Waals surface area contributed by atoms with Crippen LogP contribution in [0.1, 0.15) is 26.7 Å². The molecule has 1 saturated carbocycles. The lowest BCUT2D eigenvalue weighted by molar-refractivity contribution is -0.120. The van der Waals surface area contributed by atoms with Crippen molar-refractivity contribution in [2.45, 2.75) is 37.5 Å². The number of rotatable bonds is 6. The van der Waals surface area contributed by atoms with E-state index in [1.54, 1.807) is 0 Å². The van der Waals surface area contributed by atoms with Crippen LogP contribution in [0.5, 0.6) is 0 Å². The molecule has 0 radical (unpaired) electrons. The summed E-state index contributed by atoms with van der Waals surface area (Å²) in [5.74, 6) is 0.0944. The van der Waals surface area contributed by atoms with Gasteiger partial charge in [-0.2, -0.15) is 11.8 Å². The fraction of sp³-hybridized carbons (Fsp3) is 0.900. The highest BCUT2D eigenvalue weighted by Gasteiger charge is 2.41. The van der Waals surface area contributed by atoms with E-state index in [1.165, 1.54) is 12.8 Å². The molecular weight excluding hydrogens is 196 g/mol. The quantitative estimate of drug-likeness (QED) is 0.696. The zero-order chi connectivity index (χ0) is 10.6. The minimum absolute atomic E-state index is 0.0944. The van der Waals surface area contributed by atoms with Gasteiger partial charge in [0.05, 0.1) is 6.54 Å². The van der Waals surface area contributed by atoms with Crippen LogP contribution in [0.2, 0.25) is 0 Å². The molecule has 3 nitrogen and oxygen atoms in total. The fourth-order valence-electron chi connectivity index (χ4n) is 1.37. The van der Waals surface area contributed by atoms with Gasteiger partial charge in [0, 0.05) is 17.3 Å². The Labute approximate surface area is 90.4 Å². The number of nitrogens with one attached hydrogen (secondary N) is 2. The normalized spacial score (nSPS) is 18.3. The molecule has 1 fully saturated rings. The van der Waals surface area contributed by atoms with E-state index >= 15 is 0 Å². The zero-order valence-electron chi connectivity index (χ0n) is 9.22. The molecule has 14 heavy (non-hydrogen) atoms. The van der Waals surface area contributed by atoms with Crippen molar-refractivity contribution in [1.82, 2.24) is 10.6 Å². The zero-order valence-corrected chi connectivity index (χ0v) is 10.0. The minimum Gasteiger partial charge on any atom is -0.353 e. The third-order valence-corrected chi connectivity index (χ3v) is 3.84. The van der Waals surface area contributed by atoms with Crippen LogP contribution in [0.3, 0.4) is 0 Å². The molecule has 4 heteroatoms. The molecule has 82 valence electrons. The van der Waals surface area contributed by atoms with Gasteiger partial charge in [-0.15, -0.1) is 0 Å². The number of carbonyl (C=O) groups is 1. The second-order valence-electron chi connectivity index (χ2n) is 4.21. The Morgan fingerprint density at radius 3 is 2.57 bits per heavy atom. The summed E-state index contributed by atoms with van der Waals surface area (Å²) in [6.07, 6.45) is 4.71. The summed E-state index contributed by atoms with van der Waals surface area (Å²) in [5, 5.41) is 6.07. The van der Waals surface area contributed by atoms with Gasteiger partial charge in [0.2, 0.25) is 5.91 Å². The molecule has 0 atom stereocenters. The maximum atomic E-state index is 11.3. The number of thioether (sulfide) groups is 1. The highest BCUT2D eigenvalue weighted by Crippen LogP contribution is 2.46. The van der Waals surface area contributed by atoms with Crippen molar-refractivity contribution < 1.29 is 4.79 Å². The van der Waals surface area contributed by atoms with E-state index < -0.39 is 0 Å². The van der Waals surface area contributed by atoms with Gasteiger partial charge in [0.25, 0.3) is 0 Å². The van der Waals surface area contributed by atoms with Gasteiger partial charge in [0.1, 0.15) is 0 Å². The lowest BCUT2D eigenvalue weighted by Gasteiger charge is -2.13. The second kappa shape index (κ2) is 5.03. The number of hydrogen-bond donors (Lipinski definition) is 2. The molecule has 0 heterocycles. The first-order chi connectivity index (χ1) is 6.58. The molecule has 0 bridgehead atoms. The topological polar surface area (TPSA) is 41.1 Å². The minimum atomic E-state index is 0.0944. The van der Waals surface area contributed by atoms with Crippen LogP contribution < -0.4 is 10.6 Å². The van der Waals surface area contributed by atoms with Crippen LogP contribution in [-0.2, 0) is 4.79 Å². The van der Waals surface area contributed by atoms with Crippen LogP contribution >= 0.6 is 11.8 Å². The third kappa shape index (κ3) is 3.88. The summed E-state index contributed by atoms with van der Waals surface area (Å²) in [4.78, 5) is 11.3. The Bertz CT molecular complexity index is 202. The van der Waals surface area contributed by atoms with Crippen LogP contribution in [-0.4, -0.2) is 36.0 Å². The van der Waals surface area contributed by atoms with Gasteiger partial charge >= 0.3 is 0 Å². The molecule has 0 aliphatic heterocycles. The molecule has 1 aliphatic carbocycles. The van der Waals surface area contributed by atoms with Crippen molar-refractivity contribution in [2.24, 2.45) is 0 Å². The SMILES string of the molecule is CSC1(CNCC(=O)NC(C)C)CC1. The van der Waals surface area contributed by atoms with Crippen LogP contribution in [0.4, 0.5) is 0 Å². The van der Waals surface area contributed by atoms with E-state index in [0.29, 0.717) is 11.3 Å². The Balaban J connectivity index is 2.06. The van der Waals surface area contributed by atoms with Gasteiger partial charge in [-0.3, -0.25) is 4.79 Å². The number of carbonyl (C=O) groups excluding carboxylic acids is 1. The van der Waals surface area contributed by atoms with Gasteiger partial charge in [0.15, 0.2) is 0 Å². The highest BCUT2D eigenvalue weighted by atomic mass is 32.2. The van der Waals surface area contributed by atoms with Crippen molar-refractivity contribution in [3.8, 4) is 0 Å². The predicted molar refractivity (Wildman–Crippen MR) is 61.6 cm³/mol. The van der Waals surface area contributed by atoms with Crippen molar-refractivity contribution in [1.29, 1.82) is 0 Å². The van der Waals surface area contributed by atoms with Crippen molar-refractivity contribution >= 4 is 17.7 Å². The van der Waals surface area contributed by atoms with Crippen molar-refractivity contribution in [3.63, 3.8) is 0 Å². The summed E-state index contributed by atoms with van der Waals surface area (Å²) in [6.45, 7) is 5.35. The lowest BCUT2D eigenvalue weighted by Crippen LogP contribution is -2.39. The van der Waals surface area contributed by atoms with Crippen molar-refractivity contribution in [3.05, 3.63) is 0 Å². The molecule has 1 rings (SSSR count). The smallest absolute Gasteiger partial charge is 0.234 e. The van der Waals surface area contributed by atoms with E-state index in [4.69, 9.17) is 0 Å². The summed E-state index contributed by atoms with van der Waals surface area (Å²) < 4.78 is 0.443. The Kier molecular flexibility index (Phi) is 4.26. The first-order valence-corrected chi connectivity index (χ1v) is 6.36. The van der Waals surface area contributed by atoms with Crippen LogP contribution in [0, 0.1) is 0 Å². The molecule has 2 N–H and O–H groups in total. The molecule has 0 aromatic rings. The molecule has 0 spiro atoms. The average Bonchev–Trinajstić information content (AvgIpc) is 2.84. The molecule has 1 amide bonds. The summed E-state index contributed by atoms with van der Waals surface area (Å²) in [6, 6.07) is 0.236. The largest absolute Gasteiger partial charge is 0.353 e. The molecule has 1 aliphatic rings. The van der Waals surface area contributed by atoms with E-state index in [9.17, 15) is 4.79 Å². The first kappa shape index (κ1) is 11.9. The third-order valence-electron chi connectivity index (χ3n) is 2.42.